The summed E-state index contributed by atoms with van der Waals surface area (Å²) in [5.41, 5.74) is 2.08. The molecule has 0 bridgehead atoms. The number of benzene rings is 1. The van der Waals surface area contributed by atoms with E-state index in [0.29, 0.717) is 32.8 Å². The molecular formula is C18H21Cl2F3N4O2. The molecule has 29 heavy (non-hydrogen) atoms. The third-order valence-corrected chi connectivity index (χ3v) is 4.58. The summed E-state index contributed by atoms with van der Waals surface area (Å²) >= 11 is 0. The van der Waals surface area contributed by atoms with Gasteiger partial charge in [0.2, 0.25) is 0 Å². The normalized spacial score (nSPS) is 16.3. The van der Waals surface area contributed by atoms with Crippen molar-refractivity contribution < 1.29 is 22.6 Å². The highest BCUT2D eigenvalue weighted by atomic mass is 35.5. The van der Waals surface area contributed by atoms with Crippen molar-refractivity contribution in [3.8, 4) is 17.1 Å². The van der Waals surface area contributed by atoms with Crippen LogP contribution in [0.5, 0.6) is 5.75 Å². The van der Waals surface area contributed by atoms with E-state index in [1.165, 1.54) is 12.1 Å². The van der Waals surface area contributed by atoms with Crippen molar-refractivity contribution in [2.24, 2.45) is 0 Å². The number of hydrogen-bond acceptors (Lipinski definition) is 6. The molecule has 1 saturated heterocycles. The van der Waals surface area contributed by atoms with Gasteiger partial charge < -0.3 is 19.7 Å². The molecule has 2 aliphatic rings. The van der Waals surface area contributed by atoms with Gasteiger partial charge in [0.05, 0.1) is 24.5 Å². The second kappa shape index (κ2) is 9.80. The highest BCUT2D eigenvalue weighted by Gasteiger charge is 2.33. The van der Waals surface area contributed by atoms with E-state index in [4.69, 9.17) is 4.74 Å². The lowest BCUT2D eigenvalue weighted by Crippen LogP contribution is -2.39. The summed E-state index contributed by atoms with van der Waals surface area (Å²) in [4.78, 5) is 11.3. The zero-order valence-corrected chi connectivity index (χ0v) is 17.0. The number of alkyl halides is 3. The van der Waals surface area contributed by atoms with Crippen molar-refractivity contribution >= 4 is 30.6 Å². The van der Waals surface area contributed by atoms with E-state index in [0.717, 1.165) is 30.0 Å². The van der Waals surface area contributed by atoms with E-state index in [-0.39, 0.29) is 42.0 Å². The molecular weight excluding hydrogens is 432 g/mol. The number of anilines is 1. The molecule has 2 aliphatic heterocycles. The van der Waals surface area contributed by atoms with E-state index in [9.17, 15) is 13.2 Å². The maximum atomic E-state index is 12.8. The molecule has 11 heteroatoms. The molecule has 1 N–H and O–H groups in total. The predicted molar refractivity (Wildman–Crippen MR) is 107 cm³/mol. The van der Waals surface area contributed by atoms with Crippen molar-refractivity contribution in [1.82, 2.24) is 15.3 Å². The lowest BCUT2D eigenvalue weighted by Gasteiger charge is -2.31. The quantitative estimate of drug-likeness (QED) is 0.770. The third-order valence-electron chi connectivity index (χ3n) is 4.58. The van der Waals surface area contributed by atoms with Crippen LogP contribution in [0, 0.1) is 0 Å². The molecule has 0 amide bonds. The molecule has 1 aromatic heterocycles. The zero-order chi connectivity index (χ0) is 18.9. The maximum Gasteiger partial charge on any atom is 0.573 e. The van der Waals surface area contributed by atoms with Gasteiger partial charge in [-0.1, -0.05) is 12.1 Å². The largest absolute Gasteiger partial charge is 0.573 e. The fourth-order valence-electron chi connectivity index (χ4n) is 3.36. The number of morpholine rings is 1. The minimum atomic E-state index is -4.78. The minimum Gasteiger partial charge on any atom is -0.405 e. The summed E-state index contributed by atoms with van der Waals surface area (Å²) in [6, 6.07) is 5.96. The number of hydrogen-bond donors (Lipinski definition) is 1. The number of nitrogens with zero attached hydrogens (tertiary/aromatic N) is 3. The molecule has 1 fully saturated rings. The second-order valence-electron chi connectivity index (χ2n) is 6.37. The number of ether oxygens (including phenoxy) is 2. The number of nitrogens with one attached hydrogen (secondary N) is 1. The topological polar surface area (TPSA) is 59.5 Å². The Bertz CT molecular complexity index is 833. The molecule has 3 heterocycles. The molecule has 160 valence electrons. The van der Waals surface area contributed by atoms with Gasteiger partial charge in [-0.25, -0.2) is 9.97 Å². The Morgan fingerprint density at radius 1 is 1.07 bits per heavy atom. The van der Waals surface area contributed by atoms with Crippen LogP contribution >= 0.6 is 24.8 Å². The second-order valence-corrected chi connectivity index (χ2v) is 6.37. The van der Waals surface area contributed by atoms with Crippen LogP contribution in [0.15, 0.2) is 24.3 Å². The van der Waals surface area contributed by atoms with Crippen LogP contribution in [0.4, 0.5) is 19.0 Å². The fraction of sp³-hybridized carbons (Fsp3) is 0.444. The average Bonchev–Trinajstić information content (AvgIpc) is 2.67. The lowest BCUT2D eigenvalue weighted by atomic mass is 10.1. The Kier molecular flexibility index (Phi) is 7.93. The highest BCUT2D eigenvalue weighted by Crippen LogP contribution is 2.34. The third kappa shape index (κ3) is 5.42. The Balaban J connectivity index is 0.00000150. The minimum absolute atomic E-state index is 0. The van der Waals surface area contributed by atoms with Crippen molar-refractivity contribution in [2.45, 2.75) is 19.3 Å². The van der Waals surface area contributed by atoms with Crippen molar-refractivity contribution in [3.63, 3.8) is 0 Å². The first kappa shape index (κ1) is 23.5. The summed E-state index contributed by atoms with van der Waals surface area (Å²) in [7, 11) is 0. The summed E-state index contributed by atoms with van der Waals surface area (Å²) in [6.45, 7) is 3.96. The molecule has 6 nitrogen and oxygen atoms in total. The van der Waals surface area contributed by atoms with Gasteiger partial charge in [0.1, 0.15) is 11.6 Å². The molecule has 0 saturated carbocycles. The van der Waals surface area contributed by atoms with Crippen LogP contribution in [0.1, 0.15) is 11.3 Å². The molecule has 1 aromatic carbocycles. The Morgan fingerprint density at radius 3 is 2.52 bits per heavy atom. The van der Waals surface area contributed by atoms with Gasteiger partial charge in [-0.2, -0.15) is 0 Å². The van der Waals surface area contributed by atoms with E-state index in [1.54, 1.807) is 12.1 Å². The summed E-state index contributed by atoms with van der Waals surface area (Å²) in [6.07, 6.45) is -4.00. The fourth-order valence-corrected chi connectivity index (χ4v) is 3.36. The van der Waals surface area contributed by atoms with Crippen molar-refractivity contribution in [1.29, 1.82) is 0 Å². The van der Waals surface area contributed by atoms with Crippen LogP contribution in [-0.2, 0) is 17.7 Å². The van der Waals surface area contributed by atoms with Crippen LogP contribution in [0.25, 0.3) is 11.4 Å². The monoisotopic (exact) mass is 452 g/mol. The van der Waals surface area contributed by atoms with Crippen LogP contribution in [-0.4, -0.2) is 49.2 Å². The van der Waals surface area contributed by atoms with Gasteiger partial charge in [0, 0.05) is 25.2 Å². The standard InChI is InChI=1S/C18H19F3N4O2.2ClH/c19-18(20,21)27-15-4-2-1-3-13(15)16-23-14-11-22-6-5-12(14)17(24-16)25-7-9-26-10-8-25;;/h1-4,22H,5-11H2;2*1H. The van der Waals surface area contributed by atoms with Crippen molar-refractivity contribution in [2.75, 3.05) is 37.7 Å². The smallest absolute Gasteiger partial charge is 0.405 e. The summed E-state index contributed by atoms with van der Waals surface area (Å²) in [5.74, 6) is 0.710. The van der Waals surface area contributed by atoms with Gasteiger partial charge in [-0.05, 0) is 25.1 Å². The van der Waals surface area contributed by atoms with Crippen molar-refractivity contribution in [3.05, 3.63) is 35.5 Å². The van der Waals surface area contributed by atoms with Gasteiger partial charge >= 0.3 is 6.36 Å². The van der Waals surface area contributed by atoms with E-state index >= 15 is 0 Å². The van der Waals surface area contributed by atoms with E-state index in [2.05, 4.69) is 24.9 Å². The Morgan fingerprint density at radius 2 is 1.79 bits per heavy atom. The molecule has 0 atom stereocenters. The predicted octanol–water partition coefficient (Wildman–Crippen LogP) is 3.37. The maximum absolute atomic E-state index is 12.8. The van der Waals surface area contributed by atoms with Gasteiger partial charge in [0.15, 0.2) is 5.82 Å². The number of fused-ring (bicyclic) bond motifs is 1. The Labute approximate surface area is 178 Å². The molecule has 0 unspecified atom stereocenters. The average molecular weight is 453 g/mol. The number of aromatic nitrogens is 2. The summed E-state index contributed by atoms with van der Waals surface area (Å²) < 4.78 is 48.0. The van der Waals surface area contributed by atoms with Crippen LogP contribution < -0.4 is 15.0 Å². The molecule has 4 rings (SSSR count). The number of para-hydroxylation sites is 1. The first-order chi connectivity index (χ1) is 13.0. The number of rotatable bonds is 3. The first-order valence-electron chi connectivity index (χ1n) is 8.79. The Hall–Kier alpha value is -1.81. The van der Waals surface area contributed by atoms with Gasteiger partial charge in [0.25, 0.3) is 0 Å². The molecule has 2 aromatic rings. The summed E-state index contributed by atoms with van der Waals surface area (Å²) in [5, 5.41) is 3.26. The lowest BCUT2D eigenvalue weighted by molar-refractivity contribution is -0.274. The molecule has 0 radical (unpaired) electrons. The SMILES string of the molecule is Cl.Cl.FC(F)(F)Oc1ccccc1-c1nc2c(c(N3CCOCC3)n1)CCNC2. The van der Waals surface area contributed by atoms with Crippen LogP contribution in [0.3, 0.4) is 0 Å². The highest BCUT2D eigenvalue weighted by molar-refractivity contribution is 5.85. The zero-order valence-electron chi connectivity index (χ0n) is 15.4. The first-order valence-corrected chi connectivity index (χ1v) is 8.79. The number of halogens is 5. The molecule has 0 aliphatic carbocycles. The van der Waals surface area contributed by atoms with E-state index < -0.39 is 6.36 Å². The van der Waals surface area contributed by atoms with Gasteiger partial charge in [-0.3, -0.25) is 0 Å². The van der Waals surface area contributed by atoms with Gasteiger partial charge in [-0.15, -0.1) is 38.0 Å². The van der Waals surface area contributed by atoms with E-state index in [1.807, 2.05) is 0 Å². The van der Waals surface area contributed by atoms with Crippen LogP contribution in [0.2, 0.25) is 0 Å². The molecule has 0 spiro atoms.